The van der Waals surface area contributed by atoms with Gasteiger partial charge in [-0.15, -0.1) is 0 Å². The minimum atomic E-state index is -1.38. The molecule has 0 aromatic rings. The number of carbonyl (C=O) groups is 3. The lowest BCUT2D eigenvalue weighted by Crippen LogP contribution is -2.54. The van der Waals surface area contributed by atoms with Crippen molar-refractivity contribution < 1.29 is 27.9 Å². The van der Waals surface area contributed by atoms with E-state index >= 15 is 0 Å². The maximum Gasteiger partial charge on any atom is 0.328 e. The summed E-state index contributed by atoms with van der Waals surface area (Å²) < 4.78 is 32.0. The van der Waals surface area contributed by atoms with Crippen LogP contribution in [-0.2, 0) is 19.1 Å². The highest BCUT2D eigenvalue weighted by Gasteiger charge is 2.48. The summed E-state index contributed by atoms with van der Waals surface area (Å²) >= 11 is 0. The molecule has 0 aromatic heterocycles. The van der Waals surface area contributed by atoms with Gasteiger partial charge in [0, 0.05) is 30.8 Å². The van der Waals surface area contributed by atoms with Crippen LogP contribution in [0.15, 0.2) is 5.11 Å². The van der Waals surface area contributed by atoms with Gasteiger partial charge in [-0.05, 0) is 12.0 Å². The van der Waals surface area contributed by atoms with E-state index in [0.717, 1.165) is 12.0 Å². The summed E-state index contributed by atoms with van der Waals surface area (Å²) in [4.78, 5) is 42.9. The number of methoxy groups -OCH3 is 1. The van der Waals surface area contributed by atoms with Crippen LogP contribution in [0.2, 0.25) is 0 Å². The molecule has 0 unspecified atom stereocenters. The van der Waals surface area contributed by atoms with Crippen LogP contribution < -0.4 is 5.32 Å². The molecule has 6 atom stereocenters. The highest BCUT2D eigenvalue weighted by Crippen LogP contribution is 2.29. The van der Waals surface area contributed by atoms with Crippen molar-refractivity contribution in [1.82, 2.24) is 15.1 Å². The maximum absolute atomic E-state index is 13.9. The first kappa shape index (κ1) is 20.3. The van der Waals surface area contributed by atoms with Crippen LogP contribution in [0.5, 0.6) is 0 Å². The number of alkyl halides is 2. The van der Waals surface area contributed by atoms with Gasteiger partial charge in [0.2, 0.25) is 11.8 Å². The number of nitrogens with one attached hydrogen (secondary N) is 1. The van der Waals surface area contributed by atoms with Gasteiger partial charge in [0.05, 0.1) is 25.7 Å². The molecule has 3 saturated heterocycles. The minimum absolute atomic E-state index is 0.00418. The van der Waals surface area contributed by atoms with Crippen molar-refractivity contribution in [3.8, 4) is 0 Å². The number of azide groups is 1. The summed E-state index contributed by atoms with van der Waals surface area (Å²) in [6.07, 6.45) is -2.67. The monoisotopic (exact) mass is 400 g/mol. The van der Waals surface area contributed by atoms with Gasteiger partial charge in [-0.3, -0.25) is 9.59 Å². The summed E-state index contributed by atoms with van der Waals surface area (Å²) in [6.45, 7) is -0.232. The van der Waals surface area contributed by atoms with Crippen molar-refractivity contribution in [2.24, 2.45) is 5.11 Å². The second kappa shape index (κ2) is 8.27. The van der Waals surface area contributed by atoms with E-state index in [0.29, 0.717) is 0 Å². The molecule has 0 radical (unpaired) electrons. The number of hydrogen-bond acceptors (Lipinski definition) is 6. The fraction of sp³-hybridized carbons (Fsp3) is 0.812. The lowest BCUT2D eigenvalue weighted by molar-refractivity contribution is -0.154. The van der Waals surface area contributed by atoms with E-state index in [9.17, 15) is 23.2 Å². The van der Waals surface area contributed by atoms with Crippen LogP contribution in [-0.4, -0.2) is 90.8 Å². The van der Waals surface area contributed by atoms with E-state index in [2.05, 4.69) is 20.1 Å². The van der Waals surface area contributed by atoms with Gasteiger partial charge in [0.15, 0.2) is 0 Å². The van der Waals surface area contributed by atoms with E-state index in [1.165, 1.54) is 4.90 Å². The molecule has 28 heavy (non-hydrogen) atoms. The molecular formula is C16H22F2N6O4. The zero-order chi connectivity index (χ0) is 20.4. The molecule has 0 bridgehead atoms. The number of amides is 2. The molecule has 1 N–H and O–H groups in total. The minimum Gasteiger partial charge on any atom is -0.467 e. The average molecular weight is 400 g/mol. The van der Waals surface area contributed by atoms with Crippen LogP contribution in [0.3, 0.4) is 0 Å². The number of ether oxygens (including phenoxy) is 1. The largest absolute Gasteiger partial charge is 0.467 e. The van der Waals surface area contributed by atoms with Crippen LogP contribution in [0.25, 0.3) is 10.4 Å². The predicted molar refractivity (Wildman–Crippen MR) is 91.4 cm³/mol. The molecule has 3 rings (SSSR count). The van der Waals surface area contributed by atoms with Crippen molar-refractivity contribution in [3.63, 3.8) is 0 Å². The Labute approximate surface area is 159 Å². The quantitative estimate of drug-likeness (QED) is 0.309. The zero-order valence-corrected chi connectivity index (χ0v) is 15.3. The topological polar surface area (TPSA) is 128 Å². The normalized spacial score (nSPS) is 35.0. The number of rotatable bonds is 4. The van der Waals surface area contributed by atoms with Gasteiger partial charge >= 0.3 is 5.97 Å². The zero-order valence-electron chi connectivity index (χ0n) is 15.3. The molecule has 0 aromatic carbocycles. The van der Waals surface area contributed by atoms with E-state index in [-0.39, 0.29) is 38.9 Å². The number of halogens is 2. The van der Waals surface area contributed by atoms with Crippen LogP contribution in [0.4, 0.5) is 8.78 Å². The van der Waals surface area contributed by atoms with Gasteiger partial charge in [-0.25, -0.2) is 13.6 Å². The second-order valence-electron chi connectivity index (χ2n) is 7.26. The SMILES string of the molecule is COC(=O)[C@@H]1C[C@H](F)CN1C(=O)[C@@H]1C[C@H](N=[N+]=[N-])CN1C(=O)[C@@H]1C[C@H](F)CN1. The summed E-state index contributed by atoms with van der Waals surface area (Å²) in [5.74, 6) is -1.80. The molecule has 2 amide bonds. The smallest absolute Gasteiger partial charge is 0.328 e. The number of hydrogen-bond donors (Lipinski definition) is 1. The number of esters is 1. The predicted octanol–water partition coefficient (Wildman–Crippen LogP) is 0.0782. The van der Waals surface area contributed by atoms with Crippen molar-refractivity contribution in [3.05, 3.63) is 10.4 Å². The second-order valence-corrected chi connectivity index (χ2v) is 7.26. The number of likely N-dealkylation sites (tertiary alicyclic amines) is 2. The fourth-order valence-electron chi connectivity index (χ4n) is 4.11. The van der Waals surface area contributed by atoms with Crippen molar-refractivity contribution in [2.45, 2.75) is 55.8 Å². The Morgan fingerprint density at radius 2 is 1.79 bits per heavy atom. The molecule has 3 heterocycles. The van der Waals surface area contributed by atoms with E-state index in [1.54, 1.807) is 0 Å². The first-order valence-electron chi connectivity index (χ1n) is 9.10. The van der Waals surface area contributed by atoms with Gasteiger partial charge in [-0.1, -0.05) is 5.11 Å². The Hall–Kier alpha value is -2.46. The third kappa shape index (κ3) is 3.88. The lowest BCUT2D eigenvalue weighted by atomic mass is 10.1. The Morgan fingerprint density at radius 1 is 1.07 bits per heavy atom. The third-order valence-electron chi connectivity index (χ3n) is 5.44. The van der Waals surface area contributed by atoms with Crippen LogP contribution in [0, 0.1) is 0 Å². The summed E-state index contributed by atoms with van der Waals surface area (Å²) in [5, 5.41) is 6.37. The number of carbonyl (C=O) groups excluding carboxylic acids is 3. The summed E-state index contributed by atoms with van der Waals surface area (Å²) in [5.41, 5.74) is 8.70. The molecular weight excluding hydrogens is 378 g/mol. The molecule has 0 saturated carbocycles. The Bertz CT molecular complexity index is 703. The van der Waals surface area contributed by atoms with E-state index in [4.69, 9.17) is 5.53 Å². The maximum atomic E-state index is 13.9. The van der Waals surface area contributed by atoms with Gasteiger partial charge in [0.1, 0.15) is 24.4 Å². The van der Waals surface area contributed by atoms with E-state index in [1.807, 2.05) is 0 Å². The highest BCUT2D eigenvalue weighted by atomic mass is 19.1. The molecule has 10 nitrogen and oxygen atoms in total. The molecule has 0 aliphatic carbocycles. The Balaban J connectivity index is 1.81. The molecule has 12 heteroatoms. The first-order valence-corrected chi connectivity index (χ1v) is 9.10. The molecule has 3 fully saturated rings. The Morgan fingerprint density at radius 3 is 2.39 bits per heavy atom. The van der Waals surface area contributed by atoms with Crippen LogP contribution >= 0.6 is 0 Å². The first-order chi connectivity index (χ1) is 13.3. The summed E-state index contributed by atoms with van der Waals surface area (Å²) in [6, 6.07) is -3.49. The van der Waals surface area contributed by atoms with Crippen molar-refractivity contribution >= 4 is 17.8 Å². The van der Waals surface area contributed by atoms with Gasteiger partial charge in [-0.2, -0.15) is 0 Å². The lowest BCUT2D eigenvalue weighted by Gasteiger charge is -2.31. The molecule has 3 aliphatic rings. The molecule has 0 spiro atoms. The third-order valence-corrected chi connectivity index (χ3v) is 5.44. The molecule has 154 valence electrons. The highest BCUT2D eigenvalue weighted by molar-refractivity contribution is 5.93. The number of nitrogens with zero attached hydrogens (tertiary/aromatic N) is 5. The van der Waals surface area contributed by atoms with Gasteiger partial charge in [0.25, 0.3) is 0 Å². The van der Waals surface area contributed by atoms with E-state index < -0.39 is 54.3 Å². The van der Waals surface area contributed by atoms with Crippen molar-refractivity contribution in [1.29, 1.82) is 0 Å². The standard InChI is InChI=1S/C16H22F2N6O4/c1-28-16(27)13-3-9(18)6-23(13)15(26)12-4-10(21-22-19)7-24(12)14(25)11-2-8(17)5-20-11/h8-13,20H,2-7H2,1H3/t8-,9-,10-,11-,12-,13-/m0/s1. The van der Waals surface area contributed by atoms with Crippen LogP contribution in [0.1, 0.15) is 19.3 Å². The molecule has 3 aliphatic heterocycles. The fourth-order valence-corrected chi connectivity index (χ4v) is 4.11. The van der Waals surface area contributed by atoms with Gasteiger partial charge < -0.3 is 19.9 Å². The Kier molecular flexibility index (Phi) is 5.99. The van der Waals surface area contributed by atoms with Crippen molar-refractivity contribution in [2.75, 3.05) is 26.7 Å². The summed E-state index contributed by atoms with van der Waals surface area (Å²) in [7, 11) is 1.15. The average Bonchev–Trinajstić information content (AvgIpc) is 3.38.